The van der Waals surface area contributed by atoms with E-state index in [9.17, 15) is 4.79 Å². The maximum atomic E-state index is 12.1. The van der Waals surface area contributed by atoms with Gasteiger partial charge in [0.15, 0.2) is 0 Å². The number of rotatable bonds is 7. The number of halogens is 1. The Morgan fingerprint density at radius 3 is 2.70 bits per heavy atom. The molecule has 3 N–H and O–H groups in total. The fourth-order valence-corrected chi connectivity index (χ4v) is 4.33. The number of hydrogen-bond acceptors (Lipinski definition) is 3. The average molecular weight is 355 g/mol. The van der Waals surface area contributed by atoms with Gasteiger partial charge < -0.3 is 5.73 Å². The van der Waals surface area contributed by atoms with Crippen LogP contribution in [0.4, 0.5) is 0 Å². The van der Waals surface area contributed by atoms with E-state index in [1.165, 1.54) is 17.7 Å². The zero-order chi connectivity index (χ0) is 14.2. The summed E-state index contributed by atoms with van der Waals surface area (Å²) in [6, 6.07) is 8.68. The van der Waals surface area contributed by atoms with Crippen molar-refractivity contribution in [2.45, 2.75) is 42.2 Å². The van der Waals surface area contributed by atoms with Crippen LogP contribution < -0.4 is 11.1 Å². The quantitative estimate of drug-likeness (QED) is 0.740. The van der Waals surface area contributed by atoms with Crippen molar-refractivity contribution in [3.8, 4) is 0 Å². The third-order valence-electron chi connectivity index (χ3n) is 4.02. The Balaban J connectivity index is 1.73. The number of benzene rings is 1. The molecular weight excluding hydrogens is 336 g/mol. The average Bonchev–Trinajstić information content (AvgIpc) is 3.26. The van der Waals surface area contributed by atoms with Crippen molar-refractivity contribution in [2.24, 2.45) is 11.7 Å². The van der Waals surface area contributed by atoms with E-state index in [0.717, 1.165) is 23.1 Å². The molecule has 5 heteroatoms. The van der Waals surface area contributed by atoms with E-state index < -0.39 is 5.54 Å². The molecule has 2 aliphatic carbocycles. The summed E-state index contributed by atoms with van der Waals surface area (Å²) < 4.78 is 1.06. The number of carbonyl (C=O) groups excluding carboxylic acids is 1. The van der Waals surface area contributed by atoms with Gasteiger partial charge in [-0.1, -0.05) is 22.0 Å². The number of thioether (sulfide) groups is 1. The highest BCUT2D eigenvalue weighted by Crippen LogP contribution is 2.44. The molecule has 20 heavy (non-hydrogen) atoms. The molecule has 0 aliphatic heterocycles. The summed E-state index contributed by atoms with van der Waals surface area (Å²) in [7, 11) is 0. The molecule has 3 rings (SSSR count). The second kappa shape index (κ2) is 5.70. The monoisotopic (exact) mass is 354 g/mol. The van der Waals surface area contributed by atoms with E-state index in [2.05, 4.69) is 33.4 Å². The van der Waals surface area contributed by atoms with Crippen LogP contribution in [0.3, 0.4) is 0 Å². The van der Waals surface area contributed by atoms with Crippen LogP contribution in [0.25, 0.3) is 0 Å². The van der Waals surface area contributed by atoms with Gasteiger partial charge >= 0.3 is 0 Å². The highest BCUT2D eigenvalue weighted by atomic mass is 79.9. The number of amides is 1. The lowest BCUT2D eigenvalue weighted by atomic mass is 9.94. The first kappa shape index (κ1) is 14.4. The predicted octanol–water partition coefficient (Wildman–Crippen LogP) is 2.93. The number of carbonyl (C=O) groups is 1. The zero-order valence-electron chi connectivity index (χ0n) is 11.3. The molecule has 0 saturated heterocycles. The van der Waals surface area contributed by atoms with Crippen molar-refractivity contribution in [2.75, 3.05) is 5.75 Å². The van der Waals surface area contributed by atoms with Gasteiger partial charge in [-0.2, -0.15) is 0 Å². The molecule has 2 aliphatic rings. The lowest BCUT2D eigenvalue weighted by Crippen LogP contribution is -2.60. The Hall–Kier alpha value is -0.520. The normalized spacial score (nSPS) is 21.4. The Kier molecular flexibility index (Phi) is 4.11. The van der Waals surface area contributed by atoms with Gasteiger partial charge in [-0.05, 0) is 49.8 Å². The number of hydrogen-bond donors (Lipinski definition) is 2. The summed E-state index contributed by atoms with van der Waals surface area (Å²) in [5, 5.41) is 3.54. The second-order valence-corrected chi connectivity index (χ2v) is 7.74. The fraction of sp³-hybridized carbons (Fsp3) is 0.533. The van der Waals surface area contributed by atoms with E-state index in [0.29, 0.717) is 12.0 Å². The molecule has 2 saturated carbocycles. The Labute approximate surface area is 132 Å². The van der Waals surface area contributed by atoms with E-state index in [4.69, 9.17) is 5.73 Å². The predicted molar refractivity (Wildman–Crippen MR) is 85.7 cm³/mol. The van der Waals surface area contributed by atoms with Crippen LogP contribution in [-0.2, 0) is 4.79 Å². The van der Waals surface area contributed by atoms with E-state index in [1.807, 2.05) is 12.1 Å². The van der Waals surface area contributed by atoms with Crippen LogP contribution >= 0.6 is 27.7 Å². The van der Waals surface area contributed by atoms with E-state index >= 15 is 0 Å². The molecule has 0 aromatic heterocycles. The van der Waals surface area contributed by atoms with Crippen LogP contribution in [0.1, 0.15) is 25.7 Å². The minimum atomic E-state index is -0.520. The summed E-state index contributed by atoms with van der Waals surface area (Å²) >= 11 is 5.20. The minimum Gasteiger partial charge on any atom is -0.368 e. The van der Waals surface area contributed by atoms with Crippen LogP contribution in [-0.4, -0.2) is 23.2 Å². The standard InChI is InChI=1S/C15H19BrN2OS/c16-11-2-1-3-13(8-11)20-9-15(14(17)19,10-4-5-10)18-12-6-7-12/h1-3,8,10,12,18H,4-7,9H2,(H2,17,19). The van der Waals surface area contributed by atoms with Gasteiger partial charge in [-0.25, -0.2) is 0 Å². The van der Waals surface area contributed by atoms with Crippen LogP contribution in [0.5, 0.6) is 0 Å². The van der Waals surface area contributed by atoms with Crippen molar-refractivity contribution >= 4 is 33.6 Å². The molecule has 2 fully saturated rings. The SMILES string of the molecule is NC(=O)C(CSc1cccc(Br)c1)(NC1CC1)C1CC1. The van der Waals surface area contributed by atoms with Gasteiger partial charge in [0, 0.05) is 21.2 Å². The molecule has 0 spiro atoms. The maximum Gasteiger partial charge on any atom is 0.238 e. The van der Waals surface area contributed by atoms with Crippen molar-refractivity contribution in [1.29, 1.82) is 0 Å². The highest BCUT2D eigenvalue weighted by molar-refractivity contribution is 9.10. The van der Waals surface area contributed by atoms with Crippen molar-refractivity contribution in [1.82, 2.24) is 5.32 Å². The third-order valence-corrected chi connectivity index (χ3v) is 5.70. The molecule has 1 amide bonds. The zero-order valence-corrected chi connectivity index (χ0v) is 13.7. The van der Waals surface area contributed by atoms with Gasteiger partial charge in [0.1, 0.15) is 5.54 Å². The van der Waals surface area contributed by atoms with Crippen molar-refractivity contribution in [3.63, 3.8) is 0 Å². The molecule has 108 valence electrons. The van der Waals surface area contributed by atoms with E-state index in [1.54, 1.807) is 11.8 Å². The topological polar surface area (TPSA) is 55.1 Å². The fourth-order valence-electron chi connectivity index (χ4n) is 2.54. The molecular formula is C15H19BrN2OS. The summed E-state index contributed by atoms with van der Waals surface area (Å²) in [5.41, 5.74) is 5.24. The van der Waals surface area contributed by atoms with E-state index in [-0.39, 0.29) is 5.91 Å². The number of primary amides is 1. The van der Waals surface area contributed by atoms with Crippen LogP contribution in [0, 0.1) is 5.92 Å². The van der Waals surface area contributed by atoms with Gasteiger partial charge in [-0.3, -0.25) is 10.1 Å². The lowest BCUT2D eigenvalue weighted by Gasteiger charge is -2.32. The van der Waals surface area contributed by atoms with Gasteiger partial charge in [-0.15, -0.1) is 11.8 Å². The summed E-state index contributed by atoms with van der Waals surface area (Å²) in [6.07, 6.45) is 4.57. The van der Waals surface area contributed by atoms with Gasteiger partial charge in [0.25, 0.3) is 0 Å². The Morgan fingerprint density at radius 2 is 2.15 bits per heavy atom. The molecule has 1 unspecified atom stereocenters. The highest BCUT2D eigenvalue weighted by Gasteiger charge is 2.51. The molecule has 1 atom stereocenters. The third kappa shape index (κ3) is 3.21. The second-order valence-electron chi connectivity index (χ2n) is 5.77. The van der Waals surface area contributed by atoms with Gasteiger partial charge in [0.2, 0.25) is 5.91 Å². The van der Waals surface area contributed by atoms with Crippen LogP contribution in [0.15, 0.2) is 33.6 Å². The molecule has 0 bridgehead atoms. The maximum absolute atomic E-state index is 12.1. The van der Waals surface area contributed by atoms with Crippen LogP contribution in [0.2, 0.25) is 0 Å². The summed E-state index contributed by atoms with van der Waals surface area (Å²) in [6.45, 7) is 0. The molecule has 3 nitrogen and oxygen atoms in total. The minimum absolute atomic E-state index is 0.186. The Bertz CT molecular complexity index is 516. The first-order chi connectivity index (χ1) is 9.60. The number of nitrogens with two attached hydrogens (primary N) is 1. The molecule has 1 aromatic rings. The van der Waals surface area contributed by atoms with Crippen molar-refractivity contribution < 1.29 is 4.79 Å². The smallest absolute Gasteiger partial charge is 0.238 e. The van der Waals surface area contributed by atoms with Crippen molar-refractivity contribution in [3.05, 3.63) is 28.7 Å². The van der Waals surface area contributed by atoms with Gasteiger partial charge in [0.05, 0.1) is 0 Å². The summed E-state index contributed by atoms with van der Waals surface area (Å²) in [5.74, 6) is 0.953. The lowest BCUT2D eigenvalue weighted by molar-refractivity contribution is -0.124. The molecule has 0 heterocycles. The molecule has 1 aromatic carbocycles. The molecule has 0 radical (unpaired) electrons. The first-order valence-electron chi connectivity index (χ1n) is 7.06. The largest absolute Gasteiger partial charge is 0.368 e. The summed E-state index contributed by atoms with van der Waals surface area (Å²) in [4.78, 5) is 13.3. The first-order valence-corrected chi connectivity index (χ1v) is 8.84. The Morgan fingerprint density at radius 1 is 1.40 bits per heavy atom. The number of nitrogens with one attached hydrogen (secondary N) is 1.